The number of hydrogen-bond donors (Lipinski definition) is 1. The van der Waals surface area contributed by atoms with E-state index in [0.29, 0.717) is 11.8 Å². The number of aryl methyl sites for hydroxylation is 1. The molecule has 1 atom stereocenters. The van der Waals surface area contributed by atoms with E-state index in [1.165, 1.54) is 19.3 Å². The molecule has 1 aliphatic rings. The second kappa shape index (κ2) is 9.60. The molecular formula is C25H33F3N2O. The number of hydrazine groups is 1. The van der Waals surface area contributed by atoms with Crippen LogP contribution in [0.3, 0.4) is 0 Å². The van der Waals surface area contributed by atoms with Gasteiger partial charge in [0.25, 0.3) is 0 Å². The average molecular weight is 435 g/mol. The molecule has 1 N–H and O–H groups in total. The molecule has 0 bridgehead atoms. The molecule has 0 aliphatic carbocycles. The van der Waals surface area contributed by atoms with Gasteiger partial charge in [-0.2, -0.15) is 13.2 Å². The van der Waals surface area contributed by atoms with E-state index < -0.39 is 17.6 Å². The molecule has 2 aromatic carbocycles. The highest BCUT2D eigenvalue weighted by molar-refractivity contribution is 5.88. The number of alkyl halides is 3. The van der Waals surface area contributed by atoms with Crippen LogP contribution in [-0.4, -0.2) is 23.6 Å². The first-order valence-corrected chi connectivity index (χ1v) is 11.3. The summed E-state index contributed by atoms with van der Waals surface area (Å²) in [4.78, 5) is 12.3. The number of carbonyl (C=O) groups is 1. The molecule has 31 heavy (non-hydrogen) atoms. The summed E-state index contributed by atoms with van der Waals surface area (Å²) in [7, 11) is 0. The molecule has 0 unspecified atom stereocenters. The van der Waals surface area contributed by atoms with Crippen molar-refractivity contribution in [2.75, 3.05) is 6.54 Å². The lowest BCUT2D eigenvalue weighted by atomic mass is 9.89. The van der Waals surface area contributed by atoms with Crippen molar-refractivity contribution in [1.82, 2.24) is 10.4 Å². The molecule has 3 nitrogen and oxygen atoms in total. The monoisotopic (exact) mass is 434 g/mol. The van der Waals surface area contributed by atoms with Crippen molar-refractivity contribution < 1.29 is 18.0 Å². The minimum absolute atomic E-state index is 0.00961. The smallest absolute Gasteiger partial charge is 0.287 e. The first kappa shape index (κ1) is 23.6. The Kier molecular flexibility index (Phi) is 7.30. The summed E-state index contributed by atoms with van der Waals surface area (Å²) in [5, 5.41) is 2.48. The third-order valence-corrected chi connectivity index (χ3v) is 6.18. The normalized spacial score (nSPS) is 17.8. The van der Waals surface area contributed by atoms with Crippen LogP contribution in [0.5, 0.6) is 0 Å². The van der Waals surface area contributed by atoms with Crippen molar-refractivity contribution >= 4 is 16.7 Å². The maximum atomic E-state index is 14.5. The van der Waals surface area contributed by atoms with Gasteiger partial charge in [-0.15, -0.1) is 0 Å². The lowest BCUT2D eigenvalue weighted by Gasteiger charge is -2.32. The van der Waals surface area contributed by atoms with Crippen LogP contribution in [0.25, 0.3) is 10.8 Å². The largest absolute Gasteiger partial charge is 0.409 e. The standard InChI is InChI=1S/C25H33F3N2O/c1-4-5-6-7-8-9-13-19-16-15-18-12-10-11-14-20(18)21(19)22(25(26,27)28)30-17-24(2,3)23(31)29-30/h10-12,14-16,22H,4-9,13,17H2,1-3H3,(H,29,31)/t22-/m0/s1. The molecule has 0 radical (unpaired) electrons. The van der Waals surface area contributed by atoms with E-state index in [4.69, 9.17) is 0 Å². The van der Waals surface area contributed by atoms with E-state index in [0.717, 1.165) is 35.2 Å². The number of fused-ring (bicyclic) bond motifs is 1. The van der Waals surface area contributed by atoms with Crippen LogP contribution in [-0.2, 0) is 11.2 Å². The number of unbranched alkanes of at least 4 members (excludes halogenated alkanes) is 5. The quantitative estimate of drug-likeness (QED) is 0.444. The summed E-state index contributed by atoms with van der Waals surface area (Å²) in [5.74, 6) is -0.375. The number of nitrogens with zero attached hydrogens (tertiary/aromatic N) is 1. The SMILES string of the molecule is CCCCCCCCc1ccc2ccccc2c1[C@H](N1CC(C)(C)C(=O)N1)C(F)(F)F. The molecule has 2 aromatic rings. The van der Waals surface area contributed by atoms with Gasteiger partial charge in [0, 0.05) is 6.54 Å². The van der Waals surface area contributed by atoms with Gasteiger partial charge >= 0.3 is 6.18 Å². The Balaban J connectivity index is 1.98. The molecule has 1 fully saturated rings. The van der Waals surface area contributed by atoms with Crippen molar-refractivity contribution in [3.05, 3.63) is 47.5 Å². The maximum Gasteiger partial charge on any atom is 0.409 e. The summed E-state index contributed by atoms with van der Waals surface area (Å²) in [6.07, 6.45) is 2.59. The molecule has 0 aromatic heterocycles. The van der Waals surface area contributed by atoms with Crippen molar-refractivity contribution in [2.24, 2.45) is 5.41 Å². The highest BCUT2D eigenvalue weighted by atomic mass is 19.4. The predicted molar refractivity (Wildman–Crippen MR) is 118 cm³/mol. The summed E-state index contributed by atoms with van der Waals surface area (Å²) >= 11 is 0. The van der Waals surface area contributed by atoms with Gasteiger partial charge in [-0.1, -0.05) is 75.4 Å². The first-order valence-electron chi connectivity index (χ1n) is 11.3. The van der Waals surface area contributed by atoms with E-state index in [2.05, 4.69) is 12.3 Å². The van der Waals surface area contributed by atoms with Crippen LogP contribution in [0.15, 0.2) is 36.4 Å². The van der Waals surface area contributed by atoms with Gasteiger partial charge in [0.05, 0.1) is 5.41 Å². The summed E-state index contributed by atoms with van der Waals surface area (Å²) in [6, 6.07) is 9.09. The van der Waals surface area contributed by atoms with Crippen LogP contribution < -0.4 is 5.43 Å². The number of nitrogens with one attached hydrogen (secondary N) is 1. The van der Waals surface area contributed by atoms with E-state index in [1.54, 1.807) is 26.0 Å². The lowest BCUT2D eigenvalue weighted by Crippen LogP contribution is -2.44. The van der Waals surface area contributed by atoms with Crippen molar-refractivity contribution in [3.8, 4) is 0 Å². The summed E-state index contributed by atoms with van der Waals surface area (Å²) in [6.45, 7) is 5.53. The lowest BCUT2D eigenvalue weighted by molar-refractivity contribution is -0.191. The molecule has 1 aliphatic heterocycles. The molecule has 0 saturated carbocycles. The van der Waals surface area contributed by atoms with Crippen LogP contribution in [0.2, 0.25) is 0 Å². The molecule has 1 amide bonds. The minimum atomic E-state index is -4.52. The molecule has 3 rings (SSSR count). The molecule has 0 spiro atoms. The van der Waals surface area contributed by atoms with Gasteiger partial charge in [-0.25, -0.2) is 5.01 Å². The van der Waals surface area contributed by atoms with Crippen molar-refractivity contribution in [1.29, 1.82) is 0 Å². The first-order chi connectivity index (χ1) is 14.6. The Morgan fingerprint density at radius 2 is 1.71 bits per heavy atom. The third-order valence-electron chi connectivity index (χ3n) is 6.18. The van der Waals surface area contributed by atoms with Crippen LogP contribution >= 0.6 is 0 Å². The molecule has 6 heteroatoms. The van der Waals surface area contributed by atoms with Crippen molar-refractivity contribution in [3.63, 3.8) is 0 Å². The van der Waals surface area contributed by atoms with Gasteiger partial charge in [0.15, 0.2) is 6.04 Å². The Morgan fingerprint density at radius 1 is 1.03 bits per heavy atom. The number of benzene rings is 2. The number of carbonyl (C=O) groups excluding carboxylic acids is 1. The van der Waals surface area contributed by atoms with Crippen LogP contribution in [0.4, 0.5) is 13.2 Å². The Labute approximate surface area is 183 Å². The Bertz CT molecular complexity index is 907. The zero-order chi connectivity index (χ0) is 22.6. The van der Waals surface area contributed by atoms with Crippen LogP contribution in [0, 0.1) is 5.41 Å². The second-order valence-electron chi connectivity index (χ2n) is 9.27. The van der Waals surface area contributed by atoms with E-state index in [1.807, 2.05) is 24.3 Å². The summed E-state index contributed by atoms with van der Waals surface area (Å²) < 4.78 is 43.4. The topological polar surface area (TPSA) is 32.3 Å². The average Bonchev–Trinajstić information content (AvgIpc) is 2.96. The fourth-order valence-corrected chi connectivity index (χ4v) is 4.45. The van der Waals surface area contributed by atoms with Crippen LogP contribution in [0.1, 0.15) is 76.5 Å². The molecule has 170 valence electrons. The fourth-order valence-electron chi connectivity index (χ4n) is 4.45. The third kappa shape index (κ3) is 5.40. The van der Waals surface area contributed by atoms with Gasteiger partial charge < -0.3 is 0 Å². The number of halogens is 3. The number of rotatable bonds is 9. The van der Waals surface area contributed by atoms with Gasteiger partial charge in [-0.3, -0.25) is 10.2 Å². The fraction of sp³-hybridized carbons (Fsp3) is 0.560. The van der Waals surface area contributed by atoms with E-state index in [-0.39, 0.29) is 18.0 Å². The minimum Gasteiger partial charge on any atom is -0.287 e. The highest BCUT2D eigenvalue weighted by Gasteiger charge is 2.52. The predicted octanol–water partition coefficient (Wildman–Crippen LogP) is 6.72. The molecule has 1 heterocycles. The highest BCUT2D eigenvalue weighted by Crippen LogP contribution is 2.44. The number of amides is 1. The van der Waals surface area contributed by atoms with Gasteiger partial charge in [-0.05, 0) is 48.6 Å². The number of hydrogen-bond acceptors (Lipinski definition) is 2. The zero-order valence-corrected chi connectivity index (χ0v) is 18.7. The Morgan fingerprint density at radius 3 is 2.35 bits per heavy atom. The van der Waals surface area contributed by atoms with Gasteiger partial charge in [0.1, 0.15) is 0 Å². The van der Waals surface area contributed by atoms with E-state index in [9.17, 15) is 18.0 Å². The van der Waals surface area contributed by atoms with E-state index >= 15 is 0 Å². The van der Waals surface area contributed by atoms with Crippen molar-refractivity contribution in [2.45, 2.75) is 77.9 Å². The zero-order valence-electron chi connectivity index (χ0n) is 18.7. The molecule has 1 saturated heterocycles. The Hall–Kier alpha value is -2.08. The molecular weight excluding hydrogens is 401 g/mol. The van der Waals surface area contributed by atoms with Gasteiger partial charge in [0.2, 0.25) is 5.91 Å². The summed E-state index contributed by atoms with van der Waals surface area (Å²) in [5.41, 5.74) is 2.63. The second-order valence-corrected chi connectivity index (χ2v) is 9.27. The maximum absolute atomic E-state index is 14.5.